The predicted molar refractivity (Wildman–Crippen MR) is 108 cm³/mol. The van der Waals surface area contributed by atoms with Crippen LogP contribution in [0.15, 0.2) is 0 Å². The summed E-state index contributed by atoms with van der Waals surface area (Å²) in [5, 5.41) is 0. The van der Waals surface area contributed by atoms with Gasteiger partial charge in [0, 0.05) is 0 Å². The average molecular weight is 412 g/mol. The standard InChI is InChI=1S/2C6H19NSi2.Sr.2H/c2*1-8(2,3)7-9(4,5)6;;;/h2*7H,1-6H3;;;/q;;+2;2*-1. The maximum atomic E-state index is 3.74. The molecule has 0 aliphatic heterocycles. The molecule has 0 aliphatic carbocycles. The van der Waals surface area contributed by atoms with E-state index >= 15 is 0 Å². The van der Waals surface area contributed by atoms with Crippen LogP contribution in [0.3, 0.4) is 0 Å². The van der Waals surface area contributed by atoms with Crippen LogP contribution in [0.5, 0.6) is 0 Å². The summed E-state index contributed by atoms with van der Waals surface area (Å²) >= 11 is 0. The zero-order valence-electron chi connectivity index (χ0n) is 17.7. The summed E-state index contributed by atoms with van der Waals surface area (Å²) in [5.74, 6) is 0. The second-order valence-corrected chi connectivity index (χ2v) is 29.2. The Morgan fingerprint density at radius 1 is 0.421 bits per heavy atom. The molecule has 0 saturated heterocycles. The molecule has 19 heavy (non-hydrogen) atoms. The Morgan fingerprint density at radius 3 is 0.526 bits per heavy atom. The van der Waals surface area contributed by atoms with Crippen molar-refractivity contribution in [1.29, 1.82) is 0 Å². The molecule has 0 aromatic heterocycles. The predicted octanol–water partition coefficient (Wildman–Crippen LogP) is 4.34. The summed E-state index contributed by atoms with van der Waals surface area (Å²) in [4.78, 5) is 0. The Labute approximate surface area is 167 Å². The molecule has 0 heterocycles. The van der Waals surface area contributed by atoms with E-state index in [0.717, 1.165) is 0 Å². The molecule has 0 aromatic rings. The van der Waals surface area contributed by atoms with Gasteiger partial charge < -0.3 is 12.1 Å². The van der Waals surface area contributed by atoms with Crippen molar-refractivity contribution in [3.63, 3.8) is 0 Å². The van der Waals surface area contributed by atoms with Crippen molar-refractivity contribution in [2.45, 2.75) is 78.6 Å². The van der Waals surface area contributed by atoms with Gasteiger partial charge in [0.25, 0.3) is 0 Å². The van der Waals surface area contributed by atoms with Gasteiger partial charge in [-0.15, -0.1) is 0 Å². The fourth-order valence-electron chi connectivity index (χ4n) is 2.25. The van der Waals surface area contributed by atoms with Crippen LogP contribution in [0.4, 0.5) is 0 Å². The van der Waals surface area contributed by atoms with E-state index in [4.69, 9.17) is 0 Å². The zero-order chi connectivity index (χ0) is 15.4. The first kappa shape index (κ1) is 26.2. The normalized spacial score (nSPS) is 13.3. The average Bonchev–Trinajstić information content (AvgIpc) is 1.64. The number of rotatable bonds is 4. The molecule has 0 radical (unpaired) electrons. The van der Waals surface area contributed by atoms with E-state index in [2.05, 4.69) is 87.9 Å². The van der Waals surface area contributed by atoms with Crippen molar-refractivity contribution in [3.05, 3.63) is 0 Å². The Morgan fingerprint density at radius 2 is 0.526 bits per heavy atom. The summed E-state index contributed by atoms with van der Waals surface area (Å²) in [7, 11) is -3.92. The zero-order valence-corrected chi connectivity index (χ0v) is 23.2. The van der Waals surface area contributed by atoms with Gasteiger partial charge in [-0.2, -0.15) is 0 Å². The van der Waals surface area contributed by atoms with Crippen molar-refractivity contribution in [3.8, 4) is 0 Å². The maximum absolute atomic E-state index is 3.74. The summed E-state index contributed by atoms with van der Waals surface area (Å²) in [6.07, 6.45) is 0. The first-order valence-electron chi connectivity index (χ1n) is 7.00. The van der Waals surface area contributed by atoms with Crippen LogP contribution in [0.2, 0.25) is 78.6 Å². The van der Waals surface area contributed by atoms with E-state index in [1.54, 1.807) is 0 Å². The van der Waals surface area contributed by atoms with Crippen LogP contribution < -0.4 is 9.30 Å². The molecule has 0 bridgehead atoms. The van der Waals surface area contributed by atoms with Crippen molar-refractivity contribution >= 4 is 78.4 Å². The molecule has 2 N–H and O–H groups in total. The van der Waals surface area contributed by atoms with Gasteiger partial charge in [0.1, 0.15) is 32.9 Å². The Hall–Kier alpha value is 2.27. The molecule has 0 rings (SSSR count). The molecule has 0 unspecified atom stereocenters. The van der Waals surface area contributed by atoms with Gasteiger partial charge in [0.05, 0.1) is 0 Å². The van der Waals surface area contributed by atoms with Crippen LogP contribution in [0, 0.1) is 0 Å². The SMILES string of the molecule is C[Si](C)(C)N[Si](C)(C)C.C[Si](C)(C)N[Si](C)(C)C.[H-].[H-].[Sr+2]. The molecular formula is C12H40N2Si4Sr. The van der Waals surface area contributed by atoms with E-state index in [-0.39, 0.29) is 48.3 Å². The van der Waals surface area contributed by atoms with Crippen molar-refractivity contribution in [2.24, 2.45) is 0 Å². The van der Waals surface area contributed by atoms with Crippen LogP contribution in [-0.2, 0) is 0 Å². The molecule has 0 fully saturated rings. The summed E-state index contributed by atoms with van der Waals surface area (Å²) in [6.45, 7) is 28.2. The van der Waals surface area contributed by atoms with Crippen LogP contribution in [0.1, 0.15) is 2.85 Å². The minimum absolute atomic E-state index is 0. The maximum Gasteiger partial charge on any atom is 2.00 e. The van der Waals surface area contributed by atoms with E-state index in [1.165, 1.54) is 0 Å². The molecule has 0 amide bonds. The van der Waals surface area contributed by atoms with E-state index < -0.39 is 32.9 Å². The second-order valence-electron chi connectivity index (χ2n) is 9.25. The molecule has 0 spiro atoms. The minimum Gasteiger partial charge on any atom is -1.00 e. The monoisotopic (exact) mass is 412 g/mol. The molecule has 116 valence electrons. The Bertz CT molecular complexity index is 194. The minimum atomic E-state index is -0.981. The largest absolute Gasteiger partial charge is 2.00 e. The fraction of sp³-hybridized carbons (Fsp3) is 1.00. The molecule has 0 aromatic carbocycles. The quantitative estimate of drug-likeness (QED) is 0.672. The third-order valence-electron chi connectivity index (χ3n) is 1.50. The van der Waals surface area contributed by atoms with E-state index in [9.17, 15) is 0 Å². The van der Waals surface area contributed by atoms with Crippen LogP contribution in [-0.4, -0.2) is 78.4 Å². The third-order valence-corrected chi connectivity index (χ3v) is 13.5. The fourth-order valence-corrected chi connectivity index (χ4v) is 20.2. The first-order valence-corrected chi connectivity index (χ1v) is 21.0. The third kappa shape index (κ3) is 33.2. The van der Waals surface area contributed by atoms with Crippen molar-refractivity contribution in [1.82, 2.24) is 9.30 Å². The first-order chi connectivity index (χ1) is 7.41. The van der Waals surface area contributed by atoms with Crippen molar-refractivity contribution in [2.75, 3.05) is 0 Å². The molecule has 2 nitrogen and oxygen atoms in total. The van der Waals surface area contributed by atoms with E-state index in [1.807, 2.05) is 0 Å². The van der Waals surface area contributed by atoms with Gasteiger partial charge in [0.15, 0.2) is 0 Å². The molecule has 0 aliphatic rings. The van der Waals surface area contributed by atoms with Gasteiger partial charge in [0.2, 0.25) is 0 Å². The van der Waals surface area contributed by atoms with Crippen LogP contribution >= 0.6 is 0 Å². The molecule has 0 saturated carbocycles. The number of hydrogen-bond donors (Lipinski definition) is 2. The smallest absolute Gasteiger partial charge is 1.00 e. The van der Waals surface area contributed by atoms with Gasteiger partial charge >= 0.3 is 45.5 Å². The summed E-state index contributed by atoms with van der Waals surface area (Å²) in [5.41, 5.74) is 0. The van der Waals surface area contributed by atoms with Gasteiger partial charge in [-0.3, -0.25) is 0 Å². The van der Waals surface area contributed by atoms with Gasteiger partial charge in [-0.25, -0.2) is 0 Å². The molecule has 7 heteroatoms. The number of nitrogens with one attached hydrogen (secondary N) is 2. The van der Waals surface area contributed by atoms with Gasteiger partial charge in [-0.05, 0) is 0 Å². The Balaban J connectivity index is -0.0000000711. The van der Waals surface area contributed by atoms with Gasteiger partial charge in [-0.1, -0.05) is 78.6 Å². The van der Waals surface area contributed by atoms with E-state index in [0.29, 0.717) is 0 Å². The number of hydrogen-bond acceptors (Lipinski definition) is 2. The second kappa shape index (κ2) is 9.42. The van der Waals surface area contributed by atoms with Crippen molar-refractivity contribution < 1.29 is 2.85 Å². The molecular weight excluding hydrogens is 372 g/mol. The topological polar surface area (TPSA) is 24.1 Å². The van der Waals surface area contributed by atoms with Crippen LogP contribution in [0.25, 0.3) is 0 Å². The summed E-state index contributed by atoms with van der Waals surface area (Å²) < 4.78 is 7.47. The Kier molecular flexibility index (Phi) is 13.0. The summed E-state index contributed by atoms with van der Waals surface area (Å²) in [6, 6.07) is 0. The molecule has 0 atom stereocenters.